The Morgan fingerprint density at radius 2 is 2.37 bits per heavy atom. The number of hydrogen-bond acceptors (Lipinski definition) is 4. The van der Waals surface area contributed by atoms with Crippen LogP contribution in [0.1, 0.15) is 32.0 Å². The predicted octanol–water partition coefficient (Wildman–Crippen LogP) is 0.632. The number of nitrogens with zero attached hydrogens (tertiary/aromatic N) is 2. The lowest BCUT2D eigenvalue weighted by Gasteiger charge is -2.10. The van der Waals surface area contributed by atoms with Gasteiger partial charge < -0.3 is 9.88 Å². The fraction of sp³-hybridized carbons (Fsp3) is 0.750. The SMILES string of the molecule is CCn1cc(S(=O)(=O)NCC[C@H]2CCCN2)nc1C. The molecule has 1 fully saturated rings. The third-order valence-electron chi connectivity index (χ3n) is 3.52. The van der Waals surface area contributed by atoms with Crippen LogP contribution in [0.15, 0.2) is 11.2 Å². The van der Waals surface area contributed by atoms with Crippen LogP contribution in [0.5, 0.6) is 0 Å². The van der Waals surface area contributed by atoms with Gasteiger partial charge in [-0.3, -0.25) is 0 Å². The fourth-order valence-corrected chi connectivity index (χ4v) is 3.43. The summed E-state index contributed by atoms with van der Waals surface area (Å²) in [6.07, 6.45) is 4.72. The summed E-state index contributed by atoms with van der Waals surface area (Å²) in [5, 5.41) is 3.47. The number of hydrogen-bond donors (Lipinski definition) is 2. The van der Waals surface area contributed by atoms with Crippen LogP contribution >= 0.6 is 0 Å². The van der Waals surface area contributed by atoms with E-state index in [-0.39, 0.29) is 5.03 Å². The van der Waals surface area contributed by atoms with Crippen LogP contribution in [0.4, 0.5) is 0 Å². The fourth-order valence-electron chi connectivity index (χ4n) is 2.37. The van der Waals surface area contributed by atoms with Crippen LogP contribution in [0.25, 0.3) is 0 Å². The molecule has 7 heteroatoms. The molecule has 1 atom stereocenters. The maximum absolute atomic E-state index is 12.1. The first-order valence-electron chi connectivity index (χ1n) is 6.79. The molecule has 1 aromatic heterocycles. The molecule has 0 spiro atoms. The smallest absolute Gasteiger partial charge is 0.259 e. The number of imidazole rings is 1. The Morgan fingerprint density at radius 3 is 2.95 bits per heavy atom. The van der Waals surface area contributed by atoms with Gasteiger partial charge in [-0.05, 0) is 39.7 Å². The highest BCUT2D eigenvalue weighted by Crippen LogP contribution is 2.11. The molecule has 2 heterocycles. The van der Waals surface area contributed by atoms with Crippen LogP contribution in [-0.4, -0.2) is 37.1 Å². The zero-order valence-corrected chi connectivity index (χ0v) is 12.3. The van der Waals surface area contributed by atoms with E-state index < -0.39 is 10.0 Å². The second-order valence-electron chi connectivity index (χ2n) is 4.89. The lowest BCUT2D eigenvalue weighted by atomic mass is 10.2. The first-order chi connectivity index (χ1) is 9.03. The van der Waals surface area contributed by atoms with E-state index >= 15 is 0 Å². The Labute approximate surface area is 114 Å². The molecule has 0 saturated carbocycles. The van der Waals surface area contributed by atoms with Crippen LogP contribution in [-0.2, 0) is 16.6 Å². The van der Waals surface area contributed by atoms with E-state index in [1.165, 1.54) is 6.42 Å². The normalized spacial score (nSPS) is 20.0. The molecule has 0 aromatic carbocycles. The minimum atomic E-state index is -3.47. The van der Waals surface area contributed by atoms with Gasteiger partial charge in [0.1, 0.15) is 5.82 Å². The molecule has 1 aliphatic heterocycles. The van der Waals surface area contributed by atoms with Crippen molar-refractivity contribution in [1.29, 1.82) is 0 Å². The zero-order chi connectivity index (χ0) is 13.9. The minimum Gasteiger partial charge on any atom is -0.334 e. The van der Waals surface area contributed by atoms with Gasteiger partial charge in [0.2, 0.25) is 0 Å². The minimum absolute atomic E-state index is 0.117. The van der Waals surface area contributed by atoms with E-state index in [1.807, 2.05) is 18.4 Å². The van der Waals surface area contributed by atoms with Crippen molar-refractivity contribution in [2.45, 2.75) is 50.7 Å². The van der Waals surface area contributed by atoms with Gasteiger partial charge in [0.25, 0.3) is 10.0 Å². The Morgan fingerprint density at radius 1 is 1.58 bits per heavy atom. The van der Waals surface area contributed by atoms with Crippen molar-refractivity contribution in [1.82, 2.24) is 19.6 Å². The van der Waals surface area contributed by atoms with E-state index in [2.05, 4.69) is 15.0 Å². The molecule has 1 aromatic rings. The van der Waals surface area contributed by atoms with Crippen molar-refractivity contribution in [2.24, 2.45) is 0 Å². The summed E-state index contributed by atoms with van der Waals surface area (Å²) in [5.74, 6) is 0.723. The summed E-state index contributed by atoms with van der Waals surface area (Å²) in [7, 11) is -3.47. The Bertz CT molecular complexity index is 518. The van der Waals surface area contributed by atoms with Gasteiger partial charge in [-0.25, -0.2) is 18.1 Å². The Kier molecular flexibility index (Phi) is 4.59. The summed E-state index contributed by atoms with van der Waals surface area (Å²) < 4.78 is 28.6. The average molecular weight is 286 g/mol. The van der Waals surface area contributed by atoms with E-state index in [9.17, 15) is 8.42 Å². The molecule has 2 rings (SSSR count). The van der Waals surface area contributed by atoms with E-state index in [1.54, 1.807) is 6.20 Å². The summed E-state index contributed by atoms with van der Waals surface area (Å²) in [6, 6.07) is 0.442. The Balaban J connectivity index is 1.93. The van der Waals surface area contributed by atoms with Gasteiger partial charge in [0, 0.05) is 25.3 Å². The van der Waals surface area contributed by atoms with Crippen molar-refractivity contribution >= 4 is 10.0 Å². The summed E-state index contributed by atoms with van der Waals surface area (Å²) in [4.78, 5) is 4.10. The van der Waals surface area contributed by atoms with Crippen LogP contribution < -0.4 is 10.0 Å². The van der Waals surface area contributed by atoms with Crippen molar-refractivity contribution in [3.8, 4) is 0 Å². The summed E-state index contributed by atoms with van der Waals surface area (Å²) in [6.45, 7) is 5.99. The molecule has 1 aliphatic rings. The molecule has 1 saturated heterocycles. The van der Waals surface area contributed by atoms with Gasteiger partial charge in [0.05, 0.1) is 0 Å². The van der Waals surface area contributed by atoms with Crippen molar-refractivity contribution in [3.05, 3.63) is 12.0 Å². The predicted molar refractivity (Wildman–Crippen MR) is 73.5 cm³/mol. The van der Waals surface area contributed by atoms with Crippen molar-refractivity contribution in [2.75, 3.05) is 13.1 Å². The van der Waals surface area contributed by atoms with Crippen molar-refractivity contribution in [3.63, 3.8) is 0 Å². The number of aryl methyl sites for hydroxylation is 2. The highest BCUT2D eigenvalue weighted by atomic mass is 32.2. The first kappa shape index (κ1) is 14.5. The van der Waals surface area contributed by atoms with E-state index in [0.717, 1.165) is 31.8 Å². The third-order valence-corrected chi connectivity index (χ3v) is 4.85. The van der Waals surface area contributed by atoms with Gasteiger partial charge in [-0.15, -0.1) is 0 Å². The average Bonchev–Trinajstić information content (AvgIpc) is 2.98. The standard InChI is InChI=1S/C12H22N4O2S/c1-3-16-9-12(15-10(16)2)19(17,18)14-8-6-11-5-4-7-13-11/h9,11,13-14H,3-8H2,1-2H3/t11-/m1/s1. The largest absolute Gasteiger partial charge is 0.334 e. The van der Waals surface area contributed by atoms with Gasteiger partial charge >= 0.3 is 0 Å². The van der Waals surface area contributed by atoms with Crippen molar-refractivity contribution < 1.29 is 8.42 Å². The molecule has 0 radical (unpaired) electrons. The van der Waals surface area contributed by atoms with E-state index in [0.29, 0.717) is 12.6 Å². The van der Waals surface area contributed by atoms with Crippen LogP contribution in [0.2, 0.25) is 0 Å². The van der Waals surface area contributed by atoms with Gasteiger partial charge in [-0.1, -0.05) is 0 Å². The van der Waals surface area contributed by atoms with Crippen LogP contribution in [0.3, 0.4) is 0 Å². The zero-order valence-electron chi connectivity index (χ0n) is 11.5. The number of rotatable bonds is 6. The molecule has 6 nitrogen and oxygen atoms in total. The highest BCUT2D eigenvalue weighted by Gasteiger charge is 2.20. The molecule has 108 valence electrons. The molecule has 2 N–H and O–H groups in total. The molecular formula is C12H22N4O2S. The lowest BCUT2D eigenvalue weighted by Crippen LogP contribution is -2.30. The van der Waals surface area contributed by atoms with Crippen LogP contribution in [0, 0.1) is 6.92 Å². The quantitative estimate of drug-likeness (QED) is 0.804. The summed E-state index contributed by atoms with van der Waals surface area (Å²) >= 11 is 0. The number of sulfonamides is 1. The second kappa shape index (κ2) is 6.02. The number of nitrogens with one attached hydrogen (secondary N) is 2. The molecule has 0 unspecified atom stereocenters. The summed E-state index contributed by atoms with van der Waals surface area (Å²) in [5.41, 5.74) is 0. The maximum atomic E-state index is 12.1. The topological polar surface area (TPSA) is 76.0 Å². The van der Waals surface area contributed by atoms with Gasteiger partial charge in [0.15, 0.2) is 5.03 Å². The van der Waals surface area contributed by atoms with Gasteiger partial charge in [-0.2, -0.15) is 0 Å². The number of aromatic nitrogens is 2. The monoisotopic (exact) mass is 286 g/mol. The third kappa shape index (κ3) is 3.55. The molecule has 0 bridgehead atoms. The maximum Gasteiger partial charge on any atom is 0.259 e. The van der Waals surface area contributed by atoms with E-state index in [4.69, 9.17) is 0 Å². The lowest BCUT2D eigenvalue weighted by molar-refractivity contribution is 0.538. The first-order valence-corrected chi connectivity index (χ1v) is 8.28. The molecule has 19 heavy (non-hydrogen) atoms. The molecular weight excluding hydrogens is 264 g/mol. The highest BCUT2D eigenvalue weighted by molar-refractivity contribution is 7.89. The Hall–Kier alpha value is -0.920. The second-order valence-corrected chi connectivity index (χ2v) is 6.61. The molecule has 0 amide bonds. The molecule has 0 aliphatic carbocycles.